The third kappa shape index (κ3) is 1.31. The number of ether oxygens (including phenoxy) is 1. The molecule has 0 spiro atoms. The smallest absolute Gasteiger partial charge is 0.188 e. The predicted molar refractivity (Wildman–Crippen MR) is 42.3 cm³/mol. The summed E-state index contributed by atoms with van der Waals surface area (Å²) in [5, 5.41) is 0. The van der Waals surface area contributed by atoms with Gasteiger partial charge in [-0.15, -0.1) is 0 Å². The molecule has 0 aromatic carbocycles. The maximum absolute atomic E-state index is 5.16. The molecule has 0 amide bonds. The summed E-state index contributed by atoms with van der Waals surface area (Å²) in [4.78, 5) is 4.30. The summed E-state index contributed by atoms with van der Waals surface area (Å²) in [5.41, 5.74) is 0.174. The maximum atomic E-state index is 5.16. The fourth-order valence-electron chi connectivity index (χ4n) is 1.36. The number of hydrogen-bond donors (Lipinski definition) is 0. The van der Waals surface area contributed by atoms with Crippen molar-refractivity contribution >= 4 is 5.90 Å². The molecule has 58 valence electrons. The lowest BCUT2D eigenvalue weighted by atomic mass is 9.86. The molecule has 0 bridgehead atoms. The van der Waals surface area contributed by atoms with Crippen LogP contribution in [0.4, 0.5) is 0 Å². The highest BCUT2D eigenvalue weighted by Crippen LogP contribution is 2.28. The van der Waals surface area contributed by atoms with Crippen LogP contribution in [0.1, 0.15) is 26.7 Å². The third-order valence-corrected chi connectivity index (χ3v) is 1.99. The normalized spacial score (nSPS) is 23.7. The molecule has 2 nitrogen and oxygen atoms in total. The lowest BCUT2D eigenvalue weighted by Crippen LogP contribution is -2.29. The van der Waals surface area contributed by atoms with Gasteiger partial charge in [0.2, 0.25) is 0 Å². The van der Waals surface area contributed by atoms with E-state index in [2.05, 4.69) is 18.8 Å². The van der Waals surface area contributed by atoms with Crippen molar-refractivity contribution in [3.63, 3.8) is 0 Å². The van der Waals surface area contributed by atoms with Gasteiger partial charge in [-0.3, -0.25) is 4.99 Å². The largest absolute Gasteiger partial charge is 0.484 e. The van der Waals surface area contributed by atoms with E-state index in [1.165, 1.54) is 12.8 Å². The summed E-state index contributed by atoms with van der Waals surface area (Å²) in [5.74, 6) is 0.916. The van der Waals surface area contributed by atoms with E-state index in [0.29, 0.717) is 0 Å². The van der Waals surface area contributed by atoms with Crippen molar-refractivity contribution < 1.29 is 4.74 Å². The highest BCUT2D eigenvalue weighted by atomic mass is 16.5. The SMILES string of the molecule is COC1=NCCCC1(C)C. The zero-order chi connectivity index (χ0) is 7.61. The van der Waals surface area contributed by atoms with E-state index in [1.807, 2.05) is 0 Å². The van der Waals surface area contributed by atoms with Crippen LogP contribution in [0.15, 0.2) is 4.99 Å². The highest BCUT2D eigenvalue weighted by Gasteiger charge is 2.28. The molecule has 0 unspecified atom stereocenters. The standard InChI is InChI=1S/C8H15NO/c1-8(2)5-4-6-9-7(8)10-3/h4-6H2,1-3H3. The molecule has 1 heterocycles. The van der Waals surface area contributed by atoms with Gasteiger partial charge in [0.05, 0.1) is 7.11 Å². The van der Waals surface area contributed by atoms with Gasteiger partial charge in [-0.25, -0.2) is 0 Å². The minimum atomic E-state index is 0.174. The monoisotopic (exact) mass is 141 g/mol. The summed E-state index contributed by atoms with van der Waals surface area (Å²) >= 11 is 0. The Balaban J connectivity index is 2.73. The Hall–Kier alpha value is -0.530. The van der Waals surface area contributed by atoms with E-state index in [1.54, 1.807) is 7.11 Å². The van der Waals surface area contributed by atoms with E-state index in [9.17, 15) is 0 Å². The minimum Gasteiger partial charge on any atom is -0.484 e. The fraction of sp³-hybridized carbons (Fsp3) is 0.875. The van der Waals surface area contributed by atoms with Crippen molar-refractivity contribution in [2.24, 2.45) is 10.4 Å². The molecule has 0 aliphatic carbocycles. The van der Waals surface area contributed by atoms with Crippen molar-refractivity contribution in [1.82, 2.24) is 0 Å². The molecule has 0 saturated carbocycles. The van der Waals surface area contributed by atoms with Crippen LogP contribution in [0, 0.1) is 5.41 Å². The first-order valence-electron chi connectivity index (χ1n) is 3.76. The Morgan fingerprint density at radius 2 is 2.20 bits per heavy atom. The topological polar surface area (TPSA) is 21.6 Å². The number of rotatable bonds is 0. The number of methoxy groups -OCH3 is 1. The first-order chi connectivity index (χ1) is 4.67. The average molecular weight is 141 g/mol. The van der Waals surface area contributed by atoms with Crippen LogP contribution in [0.25, 0.3) is 0 Å². The molecular weight excluding hydrogens is 126 g/mol. The lowest BCUT2D eigenvalue weighted by Gasteiger charge is -2.28. The van der Waals surface area contributed by atoms with E-state index in [4.69, 9.17) is 4.74 Å². The van der Waals surface area contributed by atoms with E-state index in [-0.39, 0.29) is 5.41 Å². The molecule has 0 saturated heterocycles. The summed E-state index contributed by atoms with van der Waals surface area (Å²) in [6, 6.07) is 0. The molecule has 0 atom stereocenters. The molecule has 1 aliphatic rings. The molecule has 1 rings (SSSR count). The Kier molecular flexibility index (Phi) is 1.97. The van der Waals surface area contributed by atoms with E-state index < -0.39 is 0 Å². The molecule has 2 heteroatoms. The predicted octanol–water partition coefficient (Wildman–Crippen LogP) is 1.85. The van der Waals surface area contributed by atoms with Gasteiger partial charge in [0, 0.05) is 12.0 Å². The van der Waals surface area contributed by atoms with Crippen molar-refractivity contribution in [3.05, 3.63) is 0 Å². The summed E-state index contributed by atoms with van der Waals surface area (Å²) < 4.78 is 5.16. The van der Waals surface area contributed by atoms with Crippen LogP contribution in [-0.4, -0.2) is 19.6 Å². The molecule has 0 radical (unpaired) electrons. The summed E-state index contributed by atoms with van der Waals surface area (Å²) in [6.07, 6.45) is 2.39. The summed E-state index contributed by atoms with van der Waals surface area (Å²) in [6.45, 7) is 5.29. The van der Waals surface area contributed by atoms with Gasteiger partial charge in [-0.1, -0.05) is 13.8 Å². The second-order valence-corrected chi connectivity index (χ2v) is 3.38. The molecule has 1 aliphatic heterocycles. The van der Waals surface area contributed by atoms with Gasteiger partial charge < -0.3 is 4.74 Å². The Bertz CT molecular complexity index is 149. The Labute approximate surface area is 62.3 Å². The Morgan fingerprint density at radius 1 is 1.50 bits per heavy atom. The first kappa shape index (κ1) is 7.58. The number of hydrogen-bond acceptors (Lipinski definition) is 2. The fourth-order valence-corrected chi connectivity index (χ4v) is 1.36. The highest BCUT2D eigenvalue weighted by molar-refractivity contribution is 5.82. The van der Waals surface area contributed by atoms with Crippen molar-refractivity contribution in [1.29, 1.82) is 0 Å². The van der Waals surface area contributed by atoms with Gasteiger partial charge >= 0.3 is 0 Å². The maximum Gasteiger partial charge on any atom is 0.188 e. The molecule has 10 heavy (non-hydrogen) atoms. The van der Waals surface area contributed by atoms with E-state index in [0.717, 1.165) is 12.4 Å². The van der Waals surface area contributed by atoms with E-state index >= 15 is 0 Å². The first-order valence-corrected chi connectivity index (χ1v) is 3.76. The molecule has 0 aromatic heterocycles. The van der Waals surface area contributed by atoms with Crippen LogP contribution in [0.3, 0.4) is 0 Å². The van der Waals surface area contributed by atoms with Crippen LogP contribution in [-0.2, 0) is 4.74 Å². The van der Waals surface area contributed by atoms with Gasteiger partial charge in [0.1, 0.15) is 0 Å². The van der Waals surface area contributed by atoms with Gasteiger partial charge in [0.25, 0.3) is 0 Å². The van der Waals surface area contributed by atoms with Crippen molar-refractivity contribution in [2.75, 3.05) is 13.7 Å². The van der Waals surface area contributed by atoms with Gasteiger partial charge in [-0.2, -0.15) is 0 Å². The van der Waals surface area contributed by atoms with Crippen LogP contribution < -0.4 is 0 Å². The molecule has 0 aromatic rings. The van der Waals surface area contributed by atoms with Crippen molar-refractivity contribution in [2.45, 2.75) is 26.7 Å². The quantitative estimate of drug-likeness (QED) is 0.504. The minimum absolute atomic E-state index is 0.174. The van der Waals surface area contributed by atoms with Gasteiger partial charge in [-0.05, 0) is 12.8 Å². The lowest BCUT2D eigenvalue weighted by molar-refractivity contribution is 0.293. The Morgan fingerprint density at radius 3 is 2.60 bits per heavy atom. The van der Waals surface area contributed by atoms with Gasteiger partial charge in [0.15, 0.2) is 5.90 Å². The summed E-state index contributed by atoms with van der Waals surface area (Å²) in [7, 11) is 1.70. The molecule has 0 N–H and O–H groups in total. The van der Waals surface area contributed by atoms with Crippen molar-refractivity contribution in [3.8, 4) is 0 Å². The van der Waals surface area contributed by atoms with Crippen LogP contribution in [0.2, 0.25) is 0 Å². The third-order valence-electron chi connectivity index (χ3n) is 1.99. The number of nitrogens with zero attached hydrogens (tertiary/aromatic N) is 1. The second-order valence-electron chi connectivity index (χ2n) is 3.38. The zero-order valence-corrected chi connectivity index (χ0v) is 6.98. The molecular formula is C8H15NO. The molecule has 0 fully saturated rings. The van der Waals surface area contributed by atoms with Crippen LogP contribution >= 0.6 is 0 Å². The zero-order valence-electron chi connectivity index (χ0n) is 6.98. The average Bonchev–Trinajstić information content (AvgIpc) is 1.87. The van der Waals surface area contributed by atoms with Crippen LogP contribution in [0.5, 0.6) is 0 Å². The number of aliphatic imine (C=N–C) groups is 1. The second kappa shape index (κ2) is 2.60.